The summed E-state index contributed by atoms with van der Waals surface area (Å²) in [5.41, 5.74) is 2.69. The van der Waals surface area contributed by atoms with Crippen LogP contribution in [-0.4, -0.2) is 29.0 Å². The van der Waals surface area contributed by atoms with Crippen molar-refractivity contribution in [2.24, 2.45) is 11.8 Å². The molecule has 2 aromatic rings. The molecule has 3 N–H and O–H groups in total. The first-order chi connectivity index (χ1) is 9.13. The van der Waals surface area contributed by atoms with Crippen LogP contribution in [0.15, 0.2) is 18.2 Å². The molecule has 1 aromatic carbocycles. The van der Waals surface area contributed by atoms with E-state index in [1.165, 1.54) is 0 Å². The lowest BCUT2D eigenvalue weighted by Gasteiger charge is -2.14. The highest BCUT2D eigenvalue weighted by molar-refractivity contribution is 5.95. The molecule has 1 fully saturated rings. The number of aryl methyl sites for hydroxylation is 1. The van der Waals surface area contributed by atoms with Gasteiger partial charge < -0.3 is 15.6 Å². The second-order valence-electron chi connectivity index (χ2n) is 5.29. The highest BCUT2D eigenvalue weighted by Crippen LogP contribution is 2.21. The summed E-state index contributed by atoms with van der Waals surface area (Å²) in [6, 6.07) is 5.75. The first-order valence-corrected chi connectivity index (χ1v) is 6.61. The molecule has 3 rings (SSSR count). The summed E-state index contributed by atoms with van der Waals surface area (Å²) in [7, 11) is 0. The van der Waals surface area contributed by atoms with Crippen LogP contribution in [-0.2, 0) is 4.79 Å². The number of nitrogens with zero attached hydrogens (tertiary/aromatic N) is 1. The van der Waals surface area contributed by atoms with E-state index in [0.29, 0.717) is 5.92 Å². The topological polar surface area (TPSA) is 69.8 Å². The molecule has 1 saturated heterocycles. The smallest absolute Gasteiger partial charge is 0.229 e. The second-order valence-corrected chi connectivity index (χ2v) is 5.29. The number of aromatic amines is 1. The number of carbonyl (C=O) groups is 1. The molecule has 1 aliphatic rings. The average molecular weight is 295 g/mol. The number of benzene rings is 1. The third-order valence-corrected chi connectivity index (χ3v) is 3.72. The van der Waals surface area contributed by atoms with Crippen molar-refractivity contribution in [3.8, 4) is 0 Å². The Hall–Kier alpha value is -1.59. The fourth-order valence-corrected chi connectivity index (χ4v) is 2.61. The van der Waals surface area contributed by atoms with E-state index < -0.39 is 0 Å². The number of amides is 1. The van der Waals surface area contributed by atoms with E-state index in [4.69, 9.17) is 0 Å². The first kappa shape index (κ1) is 14.8. The summed E-state index contributed by atoms with van der Waals surface area (Å²) in [5, 5.41) is 6.23. The number of hydrogen-bond donors (Lipinski definition) is 3. The maximum absolute atomic E-state index is 12.2. The van der Waals surface area contributed by atoms with Crippen molar-refractivity contribution in [2.45, 2.75) is 13.8 Å². The number of anilines is 1. The third-order valence-electron chi connectivity index (χ3n) is 3.72. The molecule has 5 nitrogen and oxygen atoms in total. The van der Waals surface area contributed by atoms with E-state index in [1.807, 2.05) is 25.1 Å². The average Bonchev–Trinajstić information content (AvgIpc) is 2.93. The van der Waals surface area contributed by atoms with Crippen LogP contribution in [0.5, 0.6) is 0 Å². The van der Waals surface area contributed by atoms with Crippen molar-refractivity contribution in [1.82, 2.24) is 15.3 Å². The lowest BCUT2D eigenvalue weighted by molar-refractivity contribution is -0.120. The minimum atomic E-state index is 0. The Morgan fingerprint density at radius 2 is 2.20 bits per heavy atom. The van der Waals surface area contributed by atoms with Gasteiger partial charge in [-0.1, -0.05) is 6.92 Å². The van der Waals surface area contributed by atoms with Crippen LogP contribution in [0.1, 0.15) is 12.7 Å². The van der Waals surface area contributed by atoms with Gasteiger partial charge in [0.1, 0.15) is 5.82 Å². The van der Waals surface area contributed by atoms with Gasteiger partial charge in [-0.2, -0.15) is 0 Å². The number of hydrogen-bond acceptors (Lipinski definition) is 3. The Bertz CT molecular complexity index is 625. The van der Waals surface area contributed by atoms with Crippen molar-refractivity contribution in [3.05, 3.63) is 24.0 Å². The molecule has 20 heavy (non-hydrogen) atoms. The van der Waals surface area contributed by atoms with E-state index in [1.54, 1.807) is 0 Å². The van der Waals surface area contributed by atoms with Crippen LogP contribution >= 0.6 is 12.4 Å². The molecule has 0 spiro atoms. The lowest BCUT2D eigenvalue weighted by atomic mass is 9.97. The third kappa shape index (κ3) is 2.78. The van der Waals surface area contributed by atoms with Crippen LogP contribution < -0.4 is 10.6 Å². The number of aromatic nitrogens is 2. The molecule has 1 aromatic heterocycles. The second kappa shape index (κ2) is 5.81. The first-order valence-electron chi connectivity index (χ1n) is 6.61. The maximum atomic E-state index is 12.2. The molecule has 108 valence electrons. The Labute approximate surface area is 124 Å². The van der Waals surface area contributed by atoms with E-state index in [2.05, 4.69) is 27.5 Å². The van der Waals surface area contributed by atoms with Crippen molar-refractivity contribution in [2.75, 3.05) is 18.4 Å². The molecule has 6 heteroatoms. The fourth-order valence-electron chi connectivity index (χ4n) is 2.61. The number of fused-ring (bicyclic) bond motifs is 1. The molecule has 2 atom stereocenters. The number of H-pyrrole nitrogens is 1. The molecule has 1 aliphatic heterocycles. The lowest BCUT2D eigenvalue weighted by Crippen LogP contribution is -2.27. The molecular formula is C14H19ClN4O. The molecule has 0 saturated carbocycles. The largest absolute Gasteiger partial charge is 0.342 e. The Kier molecular flexibility index (Phi) is 4.30. The minimum absolute atomic E-state index is 0. The zero-order valence-corrected chi connectivity index (χ0v) is 12.4. The molecule has 0 aliphatic carbocycles. The van der Waals surface area contributed by atoms with E-state index in [-0.39, 0.29) is 24.2 Å². The molecule has 0 radical (unpaired) electrons. The van der Waals surface area contributed by atoms with Crippen molar-refractivity contribution < 1.29 is 4.79 Å². The number of imidazole rings is 1. The zero-order valence-electron chi connectivity index (χ0n) is 11.6. The monoisotopic (exact) mass is 294 g/mol. The van der Waals surface area contributed by atoms with Gasteiger partial charge in [-0.25, -0.2) is 4.98 Å². The summed E-state index contributed by atoms with van der Waals surface area (Å²) in [4.78, 5) is 19.7. The highest BCUT2D eigenvalue weighted by Gasteiger charge is 2.29. The van der Waals surface area contributed by atoms with E-state index in [0.717, 1.165) is 35.6 Å². The number of rotatable bonds is 2. The Morgan fingerprint density at radius 3 is 2.90 bits per heavy atom. The van der Waals surface area contributed by atoms with Gasteiger partial charge in [0.2, 0.25) is 5.91 Å². The van der Waals surface area contributed by atoms with Crippen LogP contribution in [0.3, 0.4) is 0 Å². The van der Waals surface area contributed by atoms with Gasteiger partial charge in [0.05, 0.1) is 17.0 Å². The fraction of sp³-hybridized carbons (Fsp3) is 0.429. The predicted octanol–water partition coefficient (Wildman–Crippen LogP) is 2.09. The van der Waals surface area contributed by atoms with Crippen molar-refractivity contribution in [3.63, 3.8) is 0 Å². The van der Waals surface area contributed by atoms with Crippen LogP contribution in [0.4, 0.5) is 5.69 Å². The maximum Gasteiger partial charge on any atom is 0.229 e. The number of nitrogens with one attached hydrogen (secondary N) is 3. The SMILES string of the molecule is Cc1nc2ccc(NC(=O)[C@@H]3CNC[C@H]3C)cc2[nH]1.Cl. The number of carbonyl (C=O) groups excluding carboxylic acids is 1. The van der Waals surface area contributed by atoms with Gasteiger partial charge >= 0.3 is 0 Å². The van der Waals surface area contributed by atoms with Crippen molar-refractivity contribution >= 4 is 35.0 Å². The molecule has 0 bridgehead atoms. The van der Waals surface area contributed by atoms with Gasteiger partial charge in [-0.05, 0) is 37.6 Å². The Balaban J connectivity index is 0.00000147. The van der Waals surface area contributed by atoms with Gasteiger partial charge in [-0.15, -0.1) is 12.4 Å². The summed E-state index contributed by atoms with van der Waals surface area (Å²) in [6.45, 7) is 5.70. The summed E-state index contributed by atoms with van der Waals surface area (Å²) < 4.78 is 0. The van der Waals surface area contributed by atoms with Gasteiger partial charge in [-0.3, -0.25) is 4.79 Å². The van der Waals surface area contributed by atoms with E-state index in [9.17, 15) is 4.79 Å². The minimum Gasteiger partial charge on any atom is -0.342 e. The summed E-state index contributed by atoms with van der Waals surface area (Å²) in [6.07, 6.45) is 0. The van der Waals surface area contributed by atoms with Crippen molar-refractivity contribution in [1.29, 1.82) is 0 Å². The van der Waals surface area contributed by atoms with Crippen LogP contribution in [0.2, 0.25) is 0 Å². The predicted molar refractivity (Wildman–Crippen MR) is 82.2 cm³/mol. The molecule has 1 amide bonds. The normalized spacial score (nSPS) is 21.7. The standard InChI is InChI=1S/C14H18N4O.ClH/c1-8-6-15-7-11(8)14(19)18-10-3-4-12-13(5-10)17-9(2)16-12;/h3-5,8,11,15H,6-7H2,1-2H3,(H,16,17)(H,18,19);1H/t8-,11-;/m1./s1. The molecule has 0 unspecified atom stereocenters. The highest BCUT2D eigenvalue weighted by atomic mass is 35.5. The van der Waals surface area contributed by atoms with Gasteiger partial charge in [0.25, 0.3) is 0 Å². The molecule has 2 heterocycles. The van der Waals surface area contributed by atoms with Crippen LogP contribution in [0, 0.1) is 18.8 Å². The molecular weight excluding hydrogens is 276 g/mol. The van der Waals surface area contributed by atoms with E-state index >= 15 is 0 Å². The Morgan fingerprint density at radius 1 is 1.40 bits per heavy atom. The van der Waals surface area contributed by atoms with Gasteiger partial charge in [0.15, 0.2) is 0 Å². The quantitative estimate of drug-likeness (QED) is 0.794. The number of halogens is 1. The summed E-state index contributed by atoms with van der Waals surface area (Å²) >= 11 is 0. The summed E-state index contributed by atoms with van der Waals surface area (Å²) in [5.74, 6) is 1.41. The van der Waals surface area contributed by atoms with Crippen LogP contribution in [0.25, 0.3) is 11.0 Å². The zero-order chi connectivity index (χ0) is 13.4. The van der Waals surface area contributed by atoms with Gasteiger partial charge in [0, 0.05) is 12.2 Å².